The molecule has 4 nitrogen and oxygen atoms in total. The van der Waals surface area contributed by atoms with Crippen LogP contribution in [-0.4, -0.2) is 34.6 Å². The minimum Gasteiger partial charge on any atom is -0.459 e. The lowest BCUT2D eigenvalue weighted by molar-refractivity contribution is -0.165. The van der Waals surface area contributed by atoms with Crippen LogP contribution in [0.3, 0.4) is 0 Å². The van der Waals surface area contributed by atoms with Gasteiger partial charge in [-0.05, 0) is 77.0 Å². The Kier molecular flexibility index (Phi) is 12.4. The first-order chi connectivity index (χ1) is 15.0. The molecular weight excluding hydrogens is 408 g/mol. The predicted molar refractivity (Wildman–Crippen MR) is 129 cm³/mol. The van der Waals surface area contributed by atoms with Gasteiger partial charge in [0.25, 0.3) is 0 Å². The monoisotopic (exact) mass is 454 g/mol. The van der Waals surface area contributed by atoms with Gasteiger partial charge < -0.3 is 9.47 Å². The van der Waals surface area contributed by atoms with Crippen LogP contribution in [0.5, 0.6) is 0 Å². The molecule has 2 aliphatic carbocycles. The summed E-state index contributed by atoms with van der Waals surface area (Å²) in [6.45, 7) is 4.39. The molecule has 0 aromatic rings. The van der Waals surface area contributed by atoms with Crippen LogP contribution in [0.2, 0.25) is 0 Å². The second-order valence-electron chi connectivity index (χ2n) is 9.75. The molecule has 2 fully saturated rings. The third kappa shape index (κ3) is 9.75. The fourth-order valence-corrected chi connectivity index (χ4v) is 6.02. The number of thioether (sulfide) groups is 1. The van der Waals surface area contributed by atoms with E-state index in [9.17, 15) is 9.59 Å². The molecule has 0 unspecified atom stereocenters. The van der Waals surface area contributed by atoms with Crippen LogP contribution in [0.25, 0.3) is 0 Å². The van der Waals surface area contributed by atoms with E-state index in [0.717, 1.165) is 75.7 Å². The first kappa shape index (κ1) is 26.5. The molecule has 2 saturated carbocycles. The molecule has 0 heterocycles. The van der Waals surface area contributed by atoms with Crippen molar-refractivity contribution >= 4 is 23.7 Å². The lowest BCUT2D eigenvalue weighted by atomic mass is 9.81. The van der Waals surface area contributed by atoms with Crippen molar-refractivity contribution in [2.45, 2.75) is 141 Å². The van der Waals surface area contributed by atoms with E-state index in [0.29, 0.717) is 12.8 Å². The predicted octanol–water partition coefficient (Wildman–Crippen LogP) is 7.37. The highest BCUT2D eigenvalue weighted by atomic mass is 32.2. The molecule has 0 atom stereocenters. The smallest absolute Gasteiger partial charge is 0.307 e. The third-order valence-electron chi connectivity index (χ3n) is 7.06. The number of esters is 2. The van der Waals surface area contributed by atoms with Crippen molar-refractivity contribution < 1.29 is 19.1 Å². The summed E-state index contributed by atoms with van der Waals surface area (Å²) < 4.78 is 12.0. The summed E-state index contributed by atoms with van der Waals surface area (Å²) in [4.78, 5) is 24.9. The Bertz CT molecular complexity index is 476. The lowest BCUT2D eigenvalue weighted by Crippen LogP contribution is -2.37. The summed E-state index contributed by atoms with van der Waals surface area (Å²) >= 11 is 1.67. The van der Waals surface area contributed by atoms with Gasteiger partial charge in [-0.3, -0.25) is 9.59 Å². The van der Waals surface area contributed by atoms with Crippen LogP contribution in [-0.2, 0) is 19.1 Å². The zero-order valence-corrected chi connectivity index (χ0v) is 21.0. The van der Waals surface area contributed by atoms with E-state index in [1.807, 2.05) is 0 Å². The van der Waals surface area contributed by atoms with Crippen molar-refractivity contribution in [2.75, 3.05) is 11.5 Å². The van der Waals surface area contributed by atoms with E-state index in [2.05, 4.69) is 13.8 Å². The zero-order valence-electron chi connectivity index (χ0n) is 20.2. The molecule has 180 valence electrons. The Balaban J connectivity index is 1.65. The van der Waals surface area contributed by atoms with Gasteiger partial charge in [0.1, 0.15) is 11.2 Å². The summed E-state index contributed by atoms with van der Waals surface area (Å²) in [6, 6.07) is 0. The van der Waals surface area contributed by atoms with Crippen LogP contribution in [0, 0.1) is 0 Å². The van der Waals surface area contributed by atoms with Crippen molar-refractivity contribution in [1.29, 1.82) is 0 Å². The van der Waals surface area contributed by atoms with Gasteiger partial charge in [0, 0.05) is 11.5 Å². The summed E-state index contributed by atoms with van der Waals surface area (Å²) in [7, 11) is 0. The van der Waals surface area contributed by atoms with E-state index in [1.165, 1.54) is 38.5 Å². The van der Waals surface area contributed by atoms with Gasteiger partial charge in [0.15, 0.2) is 0 Å². The van der Waals surface area contributed by atoms with Gasteiger partial charge in [-0.1, -0.05) is 39.5 Å². The Morgan fingerprint density at radius 3 is 1.42 bits per heavy atom. The summed E-state index contributed by atoms with van der Waals surface area (Å²) in [6.07, 6.45) is 18.8. The fourth-order valence-electron chi connectivity index (χ4n) is 5.19. The highest BCUT2D eigenvalue weighted by Crippen LogP contribution is 2.37. The highest BCUT2D eigenvalue weighted by molar-refractivity contribution is 7.99. The second kappa shape index (κ2) is 14.4. The average Bonchev–Trinajstić information content (AvgIpc) is 2.77. The standard InChI is InChI=1S/C26H46O4S/c1-3-5-15-25(17-9-7-10-18-25)29-23(27)13-21-31-22-14-24(28)30-26(16-6-4-2)19-11-8-12-20-26/h3-22H2,1-2H3. The molecular formula is C26H46O4S. The Labute approximate surface area is 195 Å². The molecule has 0 saturated heterocycles. The summed E-state index contributed by atoms with van der Waals surface area (Å²) in [5.74, 6) is 1.32. The van der Waals surface area contributed by atoms with Crippen molar-refractivity contribution in [1.82, 2.24) is 0 Å². The number of carbonyl (C=O) groups excluding carboxylic acids is 2. The molecule has 0 N–H and O–H groups in total. The minimum absolute atomic E-state index is 0.0613. The lowest BCUT2D eigenvalue weighted by Gasteiger charge is -2.37. The first-order valence-corrected chi connectivity index (χ1v) is 14.2. The summed E-state index contributed by atoms with van der Waals surface area (Å²) in [5.41, 5.74) is -0.404. The summed E-state index contributed by atoms with van der Waals surface area (Å²) in [5, 5.41) is 0. The van der Waals surface area contributed by atoms with Gasteiger partial charge >= 0.3 is 11.9 Å². The molecule has 0 radical (unpaired) electrons. The normalized spacial score (nSPS) is 20.2. The molecule has 0 aromatic heterocycles. The average molecular weight is 455 g/mol. The highest BCUT2D eigenvalue weighted by Gasteiger charge is 2.36. The van der Waals surface area contributed by atoms with Crippen molar-refractivity contribution in [3.05, 3.63) is 0 Å². The number of unbranched alkanes of at least 4 members (excludes halogenated alkanes) is 2. The topological polar surface area (TPSA) is 52.6 Å². The molecule has 31 heavy (non-hydrogen) atoms. The van der Waals surface area contributed by atoms with Crippen LogP contribution < -0.4 is 0 Å². The fraction of sp³-hybridized carbons (Fsp3) is 0.923. The quantitative estimate of drug-likeness (QED) is 0.202. The number of hydrogen-bond donors (Lipinski definition) is 0. The van der Waals surface area contributed by atoms with Crippen LogP contribution in [0.4, 0.5) is 0 Å². The van der Waals surface area contributed by atoms with Crippen LogP contribution in [0.15, 0.2) is 0 Å². The molecule has 0 bridgehead atoms. The van der Waals surface area contributed by atoms with Crippen molar-refractivity contribution in [2.24, 2.45) is 0 Å². The van der Waals surface area contributed by atoms with Crippen LogP contribution in [0.1, 0.15) is 129 Å². The van der Waals surface area contributed by atoms with E-state index in [-0.39, 0.29) is 23.1 Å². The van der Waals surface area contributed by atoms with E-state index >= 15 is 0 Å². The van der Waals surface area contributed by atoms with Crippen LogP contribution >= 0.6 is 11.8 Å². The minimum atomic E-state index is -0.202. The van der Waals surface area contributed by atoms with Gasteiger partial charge in [0.05, 0.1) is 12.8 Å². The number of ether oxygens (including phenoxy) is 2. The molecule has 5 heteroatoms. The Morgan fingerprint density at radius 2 is 1.06 bits per heavy atom. The van der Waals surface area contributed by atoms with E-state index in [1.54, 1.807) is 11.8 Å². The molecule has 2 aliphatic rings. The Hall–Kier alpha value is -0.710. The zero-order chi connectivity index (χ0) is 22.4. The van der Waals surface area contributed by atoms with E-state index in [4.69, 9.17) is 9.47 Å². The van der Waals surface area contributed by atoms with Crippen molar-refractivity contribution in [3.63, 3.8) is 0 Å². The van der Waals surface area contributed by atoms with Gasteiger partial charge in [-0.25, -0.2) is 0 Å². The molecule has 0 aliphatic heterocycles. The Morgan fingerprint density at radius 1 is 0.677 bits per heavy atom. The van der Waals surface area contributed by atoms with Gasteiger partial charge in [0.2, 0.25) is 0 Å². The van der Waals surface area contributed by atoms with Gasteiger partial charge in [-0.15, -0.1) is 0 Å². The van der Waals surface area contributed by atoms with Gasteiger partial charge in [-0.2, -0.15) is 11.8 Å². The number of carbonyl (C=O) groups is 2. The molecule has 0 amide bonds. The maximum Gasteiger partial charge on any atom is 0.307 e. The maximum absolute atomic E-state index is 12.5. The molecule has 2 rings (SSSR count). The number of hydrogen-bond acceptors (Lipinski definition) is 5. The molecule has 0 aromatic carbocycles. The largest absolute Gasteiger partial charge is 0.459 e. The maximum atomic E-state index is 12.5. The SMILES string of the molecule is CCCCC1(OC(=O)CCSCCC(=O)OC2(CCCC)CCCCC2)CCCCC1. The van der Waals surface area contributed by atoms with Crippen molar-refractivity contribution in [3.8, 4) is 0 Å². The first-order valence-electron chi connectivity index (χ1n) is 13.0. The van der Waals surface area contributed by atoms with E-state index < -0.39 is 0 Å². The second-order valence-corrected chi connectivity index (χ2v) is 11.0. The molecule has 0 spiro atoms. The third-order valence-corrected chi connectivity index (χ3v) is 8.05. The number of rotatable bonds is 14.